The van der Waals surface area contributed by atoms with Gasteiger partial charge in [0.15, 0.2) is 0 Å². The van der Waals surface area contributed by atoms with Crippen LogP contribution in [0.1, 0.15) is 26.7 Å². The zero-order chi connectivity index (χ0) is 12.1. The zero-order valence-corrected chi connectivity index (χ0v) is 10.2. The summed E-state index contributed by atoms with van der Waals surface area (Å²) in [5.74, 6) is -0.0902. The highest BCUT2D eigenvalue weighted by molar-refractivity contribution is 5.89. The molecule has 0 radical (unpaired) electrons. The number of nitrogens with zero attached hydrogens (tertiary/aromatic N) is 1. The molecule has 5 heteroatoms. The molecule has 0 aromatic rings. The van der Waals surface area contributed by atoms with Gasteiger partial charge in [0, 0.05) is 13.6 Å². The molecule has 0 aromatic carbocycles. The molecule has 1 aliphatic rings. The summed E-state index contributed by atoms with van der Waals surface area (Å²) in [5.41, 5.74) is 0. The standard InChI is InChI=1S/C11H21N3O2/c1-4-12-10(15)8(2)14(3)11(16)9-6-5-7-13-9/h8-9,13H,4-7H2,1-3H3,(H,12,15)/t8-,9+/m1/s1. The Morgan fingerprint density at radius 2 is 2.25 bits per heavy atom. The van der Waals surface area contributed by atoms with E-state index in [1.807, 2.05) is 6.92 Å². The van der Waals surface area contributed by atoms with Crippen LogP contribution in [-0.4, -0.2) is 48.9 Å². The van der Waals surface area contributed by atoms with Crippen LogP contribution in [0.4, 0.5) is 0 Å². The van der Waals surface area contributed by atoms with Crippen molar-refractivity contribution in [3.8, 4) is 0 Å². The predicted molar refractivity (Wildman–Crippen MR) is 61.9 cm³/mol. The second-order valence-corrected chi connectivity index (χ2v) is 4.17. The number of hydrogen-bond donors (Lipinski definition) is 2. The third kappa shape index (κ3) is 2.95. The van der Waals surface area contributed by atoms with Gasteiger partial charge >= 0.3 is 0 Å². The number of likely N-dealkylation sites (N-methyl/N-ethyl adjacent to an activating group) is 2. The molecular weight excluding hydrogens is 206 g/mol. The Morgan fingerprint density at radius 1 is 1.56 bits per heavy atom. The van der Waals surface area contributed by atoms with Crippen molar-refractivity contribution in [2.24, 2.45) is 0 Å². The van der Waals surface area contributed by atoms with Gasteiger partial charge in [-0.15, -0.1) is 0 Å². The third-order valence-electron chi connectivity index (χ3n) is 3.02. The van der Waals surface area contributed by atoms with E-state index in [2.05, 4.69) is 10.6 Å². The van der Waals surface area contributed by atoms with Gasteiger partial charge in [-0.2, -0.15) is 0 Å². The average Bonchev–Trinajstić information content (AvgIpc) is 2.79. The molecule has 1 rings (SSSR count). The van der Waals surface area contributed by atoms with Crippen LogP contribution in [0.25, 0.3) is 0 Å². The molecule has 0 aliphatic carbocycles. The lowest BCUT2D eigenvalue weighted by Crippen LogP contribution is -2.50. The first-order valence-electron chi connectivity index (χ1n) is 5.85. The Balaban J connectivity index is 2.51. The van der Waals surface area contributed by atoms with Crippen molar-refractivity contribution in [2.75, 3.05) is 20.1 Å². The lowest BCUT2D eigenvalue weighted by atomic mass is 10.1. The highest BCUT2D eigenvalue weighted by atomic mass is 16.2. The van der Waals surface area contributed by atoms with Gasteiger partial charge in [0.25, 0.3) is 0 Å². The topological polar surface area (TPSA) is 61.4 Å². The Hall–Kier alpha value is -1.10. The van der Waals surface area contributed by atoms with E-state index in [0.29, 0.717) is 6.54 Å². The van der Waals surface area contributed by atoms with Gasteiger partial charge < -0.3 is 15.5 Å². The molecule has 0 unspecified atom stereocenters. The molecule has 1 fully saturated rings. The summed E-state index contributed by atoms with van der Waals surface area (Å²) < 4.78 is 0. The molecule has 1 heterocycles. The van der Waals surface area contributed by atoms with E-state index in [1.54, 1.807) is 14.0 Å². The Kier molecular flexibility index (Phi) is 4.73. The SMILES string of the molecule is CCNC(=O)[C@@H](C)N(C)C(=O)[C@@H]1CCCN1. The summed E-state index contributed by atoms with van der Waals surface area (Å²) >= 11 is 0. The second-order valence-electron chi connectivity index (χ2n) is 4.17. The summed E-state index contributed by atoms with van der Waals surface area (Å²) in [6, 6.07) is -0.517. The second kappa shape index (κ2) is 5.84. The van der Waals surface area contributed by atoms with Crippen LogP contribution in [0.3, 0.4) is 0 Å². The minimum absolute atomic E-state index is 0.0104. The van der Waals surface area contributed by atoms with E-state index in [4.69, 9.17) is 0 Å². The number of carbonyl (C=O) groups is 2. The van der Waals surface area contributed by atoms with Crippen molar-refractivity contribution in [1.82, 2.24) is 15.5 Å². The minimum atomic E-state index is -0.408. The van der Waals surface area contributed by atoms with Crippen molar-refractivity contribution in [2.45, 2.75) is 38.8 Å². The predicted octanol–water partition coefficient (Wildman–Crippen LogP) is -0.279. The maximum atomic E-state index is 12.0. The molecule has 1 aliphatic heterocycles. The maximum absolute atomic E-state index is 12.0. The van der Waals surface area contributed by atoms with Gasteiger partial charge in [-0.3, -0.25) is 9.59 Å². The third-order valence-corrected chi connectivity index (χ3v) is 3.02. The Morgan fingerprint density at radius 3 is 2.75 bits per heavy atom. The summed E-state index contributed by atoms with van der Waals surface area (Å²) in [5, 5.41) is 5.86. The van der Waals surface area contributed by atoms with Gasteiger partial charge in [0.05, 0.1) is 6.04 Å². The quantitative estimate of drug-likeness (QED) is 0.694. The highest BCUT2D eigenvalue weighted by Crippen LogP contribution is 2.09. The van der Waals surface area contributed by atoms with E-state index < -0.39 is 6.04 Å². The fraction of sp³-hybridized carbons (Fsp3) is 0.818. The van der Waals surface area contributed by atoms with Crippen LogP contribution in [0, 0.1) is 0 Å². The first-order valence-corrected chi connectivity index (χ1v) is 5.85. The largest absolute Gasteiger partial charge is 0.355 e. The Bertz CT molecular complexity index is 262. The highest BCUT2D eigenvalue weighted by Gasteiger charge is 2.29. The molecule has 92 valence electrons. The molecule has 0 aromatic heterocycles. The van der Waals surface area contributed by atoms with Crippen molar-refractivity contribution in [3.05, 3.63) is 0 Å². The van der Waals surface area contributed by atoms with E-state index in [9.17, 15) is 9.59 Å². The van der Waals surface area contributed by atoms with Gasteiger partial charge in [-0.1, -0.05) is 0 Å². The summed E-state index contributed by atoms with van der Waals surface area (Å²) in [6.45, 7) is 5.09. The number of amides is 2. The molecule has 1 saturated heterocycles. The molecule has 0 bridgehead atoms. The van der Waals surface area contributed by atoms with Crippen LogP contribution in [-0.2, 0) is 9.59 Å². The summed E-state index contributed by atoms with van der Waals surface area (Å²) in [6.07, 6.45) is 1.89. The van der Waals surface area contributed by atoms with Crippen molar-refractivity contribution >= 4 is 11.8 Å². The van der Waals surface area contributed by atoms with E-state index in [0.717, 1.165) is 19.4 Å². The lowest BCUT2D eigenvalue weighted by molar-refractivity contribution is -0.139. The van der Waals surface area contributed by atoms with Crippen molar-refractivity contribution < 1.29 is 9.59 Å². The van der Waals surface area contributed by atoms with E-state index in [1.165, 1.54) is 4.90 Å². The number of rotatable bonds is 4. The van der Waals surface area contributed by atoms with Crippen LogP contribution in [0.2, 0.25) is 0 Å². The summed E-state index contributed by atoms with van der Waals surface area (Å²) in [7, 11) is 1.68. The van der Waals surface area contributed by atoms with E-state index >= 15 is 0 Å². The monoisotopic (exact) mass is 227 g/mol. The molecule has 2 N–H and O–H groups in total. The van der Waals surface area contributed by atoms with Gasteiger partial charge in [0.2, 0.25) is 11.8 Å². The number of hydrogen-bond acceptors (Lipinski definition) is 3. The lowest BCUT2D eigenvalue weighted by Gasteiger charge is -2.26. The maximum Gasteiger partial charge on any atom is 0.242 e. The molecule has 0 saturated carbocycles. The van der Waals surface area contributed by atoms with Crippen molar-refractivity contribution in [1.29, 1.82) is 0 Å². The van der Waals surface area contributed by atoms with Crippen LogP contribution >= 0.6 is 0 Å². The molecule has 2 atom stereocenters. The first-order chi connectivity index (χ1) is 7.57. The van der Waals surface area contributed by atoms with Crippen LogP contribution in [0.15, 0.2) is 0 Å². The van der Waals surface area contributed by atoms with Crippen molar-refractivity contribution in [3.63, 3.8) is 0 Å². The van der Waals surface area contributed by atoms with Gasteiger partial charge in [-0.05, 0) is 33.2 Å². The van der Waals surface area contributed by atoms with Gasteiger partial charge in [0.1, 0.15) is 6.04 Å². The van der Waals surface area contributed by atoms with Crippen LogP contribution < -0.4 is 10.6 Å². The average molecular weight is 227 g/mol. The molecule has 0 spiro atoms. The molecule has 5 nitrogen and oxygen atoms in total. The summed E-state index contributed by atoms with van der Waals surface area (Å²) in [4.78, 5) is 25.1. The minimum Gasteiger partial charge on any atom is -0.355 e. The Labute approximate surface area is 96.6 Å². The van der Waals surface area contributed by atoms with E-state index in [-0.39, 0.29) is 17.9 Å². The molecule has 16 heavy (non-hydrogen) atoms. The number of carbonyl (C=O) groups excluding carboxylic acids is 2. The van der Waals surface area contributed by atoms with Crippen LogP contribution in [0.5, 0.6) is 0 Å². The fourth-order valence-electron chi connectivity index (χ4n) is 1.83. The fourth-order valence-corrected chi connectivity index (χ4v) is 1.83. The molecule has 2 amide bonds. The smallest absolute Gasteiger partial charge is 0.242 e. The van der Waals surface area contributed by atoms with Gasteiger partial charge in [-0.25, -0.2) is 0 Å². The normalized spacial score (nSPS) is 21.6. The zero-order valence-electron chi connectivity index (χ0n) is 10.2. The molecular formula is C11H21N3O2. The first kappa shape index (κ1) is 13.0. The number of nitrogens with one attached hydrogen (secondary N) is 2.